The summed E-state index contributed by atoms with van der Waals surface area (Å²) in [5.74, 6) is -0.249. The molecular weight excluding hydrogens is 262 g/mol. The number of benzene rings is 1. The van der Waals surface area contributed by atoms with Crippen LogP contribution in [0.5, 0.6) is 5.75 Å². The Balaban J connectivity index is 2.68. The maximum Gasteiger partial charge on any atom is 0.315 e. The summed E-state index contributed by atoms with van der Waals surface area (Å²) in [5, 5.41) is 20.5. The molecule has 0 aromatic heterocycles. The van der Waals surface area contributed by atoms with Gasteiger partial charge in [0.25, 0.3) is 0 Å². The minimum atomic E-state index is -0.496. The number of nitro groups is 1. The number of nitro benzene ring substituents is 1. The molecule has 1 N–H and O–H groups in total. The monoisotopic (exact) mass is 271 g/mol. The summed E-state index contributed by atoms with van der Waals surface area (Å²) in [6.45, 7) is 0. The Hall–Kier alpha value is -1.10. The maximum atomic E-state index is 10.9. The molecule has 5 heteroatoms. The molecule has 4 nitrogen and oxygen atoms in total. The minimum Gasteiger partial charge on any atom is -0.501 e. The summed E-state index contributed by atoms with van der Waals surface area (Å²) in [4.78, 5) is 10.4. The second-order valence-electron chi connectivity index (χ2n) is 3.66. The molecule has 0 saturated carbocycles. The predicted octanol–water partition coefficient (Wildman–Crippen LogP) is 2.94. The zero-order chi connectivity index (χ0) is 11.0. The first-order chi connectivity index (χ1) is 7.11. The highest BCUT2D eigenvalue weighted by Gasteiger charge is 2.26. The van der Waals surface area contributed by atoms with E-state index in [1.54, 1.807) is 6.07 Å². The van der Waals surface area contributed by atoms with E-state index in [1.165, 1.54) is 0 Å². The summed E-state index contributed by atoms with van der Waals surface area (Å²) >= 11 is 3.14. The van der Waals surface area contributed by atoms with Crippen molar-refractivity contribution in [3.8, 4) is 5.75 Å². The van der Waals surface area contributed by atoms with Gasteiger partial charge in [-0.1, -0.05) is 0 Å². The highest BCUT2D eigenvalue weighted by Crippen LogP contribution is 2.41. The van der Waals surface area contributed by atoms with Crippen molar-refractivity contribution >= 4 is 21.6 Å². The molecule has 2 rings (SSSR count). The van der Waals surface area contributed by atoms with Gasteiger partial charge in [0.05, 0.1) is 9.40 Å². The van der Waals surface area contributed by atoms with Crippen LogP contribution in [0.2, 0.25) is 0 Å². The molecule has 0 saturated heterocycles. The molecule has 0 heterocycles. The van der Waals surface area contributed by atoms with Crippen LogP contribution in [-0.2, 0) is 12.8 Å². The number of rotatable bonds is 1. The average molecular weight is 272 g/mol. The van der Waals surface area contributed by atoms with Gasteiger partial charge in [-0.3, -0.25) is 10.1 Å². The number of hydrogen-bond acceptors (Lipinski definition) is 3. The molecule has 80 valence electrons. The molecule has 0 fully saturated rings. The van der Waals surface area contributed by atoms with Gasteiger partial charge in [0.15, 0.2) is 0 Å². The summed E-state index contributed by atoms with van der Waals surface area (Å²) in [6, 6.07) is 1.79. The number of aromatic hydroxyl groups is 1. The third kappa shape index (κ3) is 1.71. The average Bonchev–Trinajstić information content (AvgIpc) is 2.19. The molecule has 0 spiro atoms. The first-order valence-corrected chi connectivity index (χ1v) is 5.58. The second-order valence-corrected chi connectivity index (χ2v) is 4.51. The molecule has 0 amide bonds. The van der Waals surface area contributed by atoms with E-state index in [-0.39, 0.29) is 11.4 Å². The smallest absolute Gasteiger partial charge is 0.315 e. The van der Waals surface area contributed by atoms with E-state index in [2.05, 4.69) is 15.9 Å². The summed E-state index contributed by atoms with van der Waals surface area (Å²) in [5.41, 5.74) is 1.56. The van der Waals surface area contributed by atoms with Crippen molar-refractivity contribution in [3.05, 3.63) is 31.8 Å². The van der Waals surface area contributed by atoms with Gasteiger partial charge in [0, 0.05) is 5.56 Å². The molecule has 1 aromatic carbocycles. The third-order valence-electron chi connectivity index (χ3n) is 2.73. The van der Waals surface area contributed by atoms with Crippen LogP contribution in [0, 0.1) is 10.1 Å². The summed E-state index contributed by atoms with van der Waals surface area (Å²) in [6.07, 6.45) is 3.55. The lowest BCUT2D eigenvalue weighted by atomic mass is 9.90. The number of phenolic OH excluding ortho intramolecular Hbond substituents is 1. The number of hydrogen-bond donors (Lipinski definition) is 1. The van der Waals surface area contributed by atoms with Crippen LogP contribution in [-0.4, -0.2) is 10.0 Å². The van der Waals surface area contributed by atoms with Gasteiger partial charge in [-0.15, -0.1) is 0 Å². The van der Waals surface area contributed by atoms with Crippen molar-refractivity contribution in [2.75, 3.05) is 0 Å². The Bertz CT molecular complexity index is 431. The lowest BCUT2D eigenvalue weighted by Gasteiger charge is -2.16. The van der Waals surface area contributed by atoms with E-state index >= 15 is 0 Å². The van der Waals surface area contributed by atoms with Crippen molar-refractivity contribution in [2.45, 2.75) is 25.7 Å². The minimum absolute atomic E-state index is 0.126. The third-order valence-corrected chi connectivity index (χ3v) is 3.33. The fourth-order valence-electron chi connectivity index (χ4n) is 2.03. The zero-order valence-electron chi connectivity index (χ0n) is 7.99. The molecule has 0 aliphatic heterocycles. The van der Waals surface area contributed by atoms with Gasteiger partial charge < -0.3 is 5.11 Å². The first-order valence-electron chi connectivity index (χ1n) is 4.79. The highest BCUT2D eigenvalue weighted by molar-refractivity contribution is 9.10. The summed E-state index contributed by atoms with van der Waals surface area (Å²) in [7, 11) is 0. The number of aryl methyl sites for hydroxylation is 1. The van der Waals surface area contributed by atoms with Gasteiger partial charge in [0.2, 0.25) is 5.75 Å². The van der Waals surface area contributed by atoms with Crippen molar-refractivity contribution in [2.24, 2.45) is 0 Å². The molecule has 0 bridgehead atoms. The van der Waals surface area contributed by atoms with E-state index in [9.17, 15) is 15.2 Å². The predicted molar refractivity (Wildman–Crippen MR) is 59.1 cm³/mol. The molecule has 0 unspecified atom stereocenters. The van der Waals surface area contributed by atoms with Gasteiger partial charge in [-0.2, -0.15) is 0 Å². The van der Waals surface area contributed by atoms with Gasteiger partial charge in [0.1, 0.15) is 0 Å². The van der Waals surface area contributed by atoms with E-state index in [4.69, 9.17) is 0 Å². The molecule has 15 heavy (non-hydrogen) atoms. The molecule has 0 atom stereocenters. The Morgan fingerprint density at radius 1 is 1.40 bits per heavy atom. The van der Waals surface area contributed by atoms with Crippen LogP contribution >= 0.6 is 15.9 Å². The molecule has 1 aliphatic rings. The molecule has 1 aromatic rings. The van der Waals surface area contributed by atoms with Gasteiger partial charge in [-0.05, 0) is 53.2 Å². The Morgan fingerprint density at radius 3 is 2.73 bits per heavy atom. The highest BCUT2D eigenvalue weighted by atomic mass is 79.9. The van der Waals surface area contributed by atoms with Crippen LogP contribution in [0.4, 0.5) is 5.69 Å². The first kappa shape index (κ1) is 10.4. The largest absolute Gasteiger partial charge is 0.501 e. The van der Waals surface area contributed by atoms with Gasteiger partial charge in [-0.25, -0.2) is 0 Å². The molecular formula is C10H10BrNO3. The van der Waals surface area contributed by atoms with E-state index in [0.717, 1.165) is 24.8 Å². The van der Waals surface area contributed by atoms with Crippen molar-refractivity contribution in [1.29, 1.82) is 0 Å². The van der Waals surface area contributed by atoms with Crippen LogP contribution in [0.1, 0.15) is 24.0 Å². The number of fused-ring (bicyclic) bond motifs is 1. The number of phenols is 1. The quantitative estimate of drug-likeness (QED) is 0.631. The SMILES string of the molecule is O=[N+]([O-])c1c(O)c(Br)cc2c1CCCC2. The van der Waals surface area contributed by atoms with Crippen molar-refractivity contribution < 1.29 is 10.0 Å². The van der Waals surface area contributed by atoms with Crippen LogP contribution in [0.25, 0.3) is 0 Å². The van der Waals surface area contributed by atoms with E-state index in [1.807, 2.05) is 0 Å². The second kappa shape index (κ2) is 3.81. The maximum absolute atomic E-state index is 10.9. The van der Waals surface area contributed by atoms with E-state index < -0.39 is 4.92 Å². The normalized spacial score (nSPS) is 14.7. The van der Waals surface area contributed by atoms with Crippen LogP contribution < -0.4 is 0 Å². The topological polar surface area (TPSA) is 63.4 Å². The fraction of sp³-hybridized carbons (Fsp3) is 0.400. The zero-order valence-corrected chi connectivity index (χ0v) is 9.58. The number of nitrogens with zero attached hydrogens (tertiary/aromatic N) is 1. The fourth-order valence-corrected chi connectivity index (χ4v) is 2.50. The Labute approximate surface area is 95.2 Å². The molecule has 0 radical (unpaired) electrons. The van der Waals surface area contributed by atoms with Crippen LogP contribution in [0.3, 0.4) is 0 Å². The van der Waals surface area contributed by atoms with Crippen LogP contribution in [0.15, 0.2) is 10.5 Å². The van der Waals surface area contributed by atoms with Crippen molar-refractivity contribution in [1.82, 2.24) is 0 Å². The number of halogens is 1. The van der Waals surface area contributed by atoms with Gasteiger partial charge >= 0.3 is 5.69 Å². The lowest BCUT2D eigenvalue weighted by molar-refractivity contribution is -0.386. The summed E-state index contributed by atoms with van der Waals surface area (Å²) < 4.78 is 0.412. The van der Waals surface area contributed by atoms with E-state index in [0.29, 0.717) is 16.5 Å². The van der Waals surface area contributed by atoms with Crippen molar-refractivity contribution in [3.63, 3.8) is 0 Å². The Kier molecular flexibility index (Phi) is 2.65. The molecule has 1 aliphatic carbocycles. The lowest BCUT2D eigenvalue weighted by Crippen LogP contribution is -2.06. The standard InChI is InChI=1S/C10H10BrNO3/c11-8-5-6-3-1-2-4-7(6)9(10(8)13)12(14)15/h5,13H,1-4H2. The Morgan fingerprint density at radius 2 is 2.07 bits per heavy atom.